The van der Waals surface area contributed by atoms with E-state index in [-0.39, 0.29) is 0 Å². The van der Waals surface area contributed by atoms with Gasteiger partial charge in [0.05, 0.1) is 11.0 Å². The van der Waals surface area contributed by atoms with E-state index in [1.807, 2.05) is 0 Å². The monoisotopic (exact) mass is 339 g/mol. The zero-order valence-electron chi connectivity index (χ0n) is 13.9. The Hall–Kier alpha value is -2.71. The van der Waals surface area contributed by atoms with Crippen molar-refractivity contribution in [3.63, 3.8) is 0 Å². The number of hydrogen-bond acceptors (Lipinski definition) is 1. The summed E-state index contributed by atoms with van der Waals surface area (Å²) in [4.78, 5) is 0.990. The lowest BCUT2D eigenvalue weighted by atomic mass is 10.00. The summed E-state index contributed by atoms with van der Waals surface area (Å²) in [6.45, 7) is 2.19. The van der Waals surface area contributed by atoms with Crippen molar-refractivity contribution in [3.05, 3.63) is 84.4 Å². The van der Waals surface area contributed by atoms with Crippen LogP contribution in [0, 0.1) is 6.92 Å². The van der Waals surface area contributed by atoms with E-state index in [1.165, 1.54) is 43.8 Å². The molecule has 0 bridgehead atoms. The van der Waals surface area contributed by atoms with E-state index in [9.17, 15) is 0 Å². The average Bonchev–Trinajstić information content (AvgIpc) is 2.96. The Kier molecular flexibility index (Phi) is 3.16. The van der Waals surface area contributed by atoms with Gasteiger partial charge in [0.1, 0.15) is 0 Å². The summed E-state index contributed by atoms with van der Waals surface area (Å²) in [6.07, 6.45) is 0. The topological polar surface area (TPSA) is 4.93 Å². The Morgan fingerprint density at radius 2 is 1.40 bits per heavy atom. The summed E-state index contributed by atoms with van der Waals surface area (Å²) >= 11 is 4.59. The molecule has 0 saturated heterocycles. The lowest BCUT2D eigenvalue weighted by Crippen LogP contribution is -1.93. The molecule has 0 aliphatic heterocycles. The lowest BCUT2D eigenvalue weighted by molar-refractivity contribution is 1.18. The van der Waals surface area contributed by atoms with Crippen LogP contribution < -0.4 is 0 Å². The number of para-hydroxylation sites is 1. The molecule has 0 radical (unpaired) electrons. The average molecular weight is 339 g/mol. The van der Waals surface area contributed by atoms with Gasteiger partial charge in [-0.15, -0.1) is 12.6 Å². The van der Waals surface area contributed by atoms with Crippen molar-refractivity contribution in [2.24, 2.45) is 0 Å². The van der Waals surface area contributed by atoms with E-state index in [4.69, 9.17) is 0 Å². The third kappa shape index (κ3) is 2.11. The number of nitrogens with zero attached hydrogens (tertiary/aromatic N) is 1. The van der Waals surface area contributed by atoms with Gasteiger partial charge in [0.15, 0.2) is 0 Å². The van der Waals surface area contributed by atoms with Gasteiger partial charge in [-0.1, -0.05) is 42.5 Å². The molecule has 1 aromatic heterocycles. The molecule has 5 rings (SSSR count). The summed E-state index contributed by atoms with van der Waals surface area (Å²) in [6, 6.07) is 28.0. The Morgan fingerprint density at radius 1 is 0.680 bits per heavy atom. The van der Waals surface area contributed by atoms with Crippen molar-refractivity contribution in [3.8, 4) is 5.69 Å². The van der Waals surface area contributed by atoms with Crippen LogP contribution in [0.25, 0.3) is 38.3 Å². The van der Waals surface area contributed by atoms with Crippen LogP contribution >= 0.6 is 12.6 Å². The quantitative estimate of drug-likeness (QED) is 0.331. The summed E-state index contributed by atoms with van der Waals surface area (Å²) in [7, 11) is 0. The number of aromatic nitrogens is 1. The third-order valence-electron chi connectivity index (χ3n) is 4.98. The molecule has 0 atom stereocenters. The molecule has 0 spiro atoms. The molecule has 4 aromatic carbocycles. The van der Waals surface area contributed by atoms with Crippen molar-refractivity contribution in [1.82, 2.24) is 4.57 Å². The first-order valence-corrected chi connectivity index (χ1v) is 8.90. The standard InChI is InChI=1S/C23H17NS/c1-15-13-22-23(19-10-6-5-9-18(15)19)20-14-17(25)11-12-21(20)24(22)16-7-3-2-4-8-16/h2-14,25H,1H3. The van der Waals surface area contributed by atoms with Crippen molar-refractivity contribution in [1.29, 1.82) is 0 Å². The molecule has 120 valence electrons. The highest BCUT2D eigenvalue weighted by atomic mass is 32.1. The molecule has 0 unspecified atom stereocenters. The van der Waals surface area contributed by atoms with Crippen LogP contribution in [0.5, 0.6) is 0 Å². The van der Waals surface area contributed by atoms with Crippen LogP contribution in [0.3, 0.4) is 0 Å². The van der Waals surface area contributed by atoms with Crippen LogP contribution in [0.1, 0.15) is 5.56 Å². The summed E-state index contributed by atoms with van der Waals surface area (Å²) in [5.74, 6) is 0. The normalized spacial score (nSPS) is 11.6. The van der Waals surface area contributed by atoms with E-state index in [1.54, 1.807) is 0 Å². The summed E-state index contributed by atoms with van der Waals surface area (Å²) in [5.41, 5.74) is 4.95. The van der Waals surface area contributed by atoms with Crippen molar-refractivity contribution in [2.75, 3.05) is 0 Å². The zero-order chi connectivity index (χ0) is 17.0. The van der Waals surface area contributed by atoms with E-state index in [0.29, 0.717) is 0 Å². The minimum Gasteiger partial charge on any atom is -0.309 e. The molecule has 1 heterocycles. The fourth-order valence-corrected chi connectivity index (χ4v) is 4.11. The van der Waals surface area contributed by atoms with Gasteiger partial charge >= 0.3 is 0 Å². The predicted octanol–water partition coefficient (Wildman–Crippen LogP) is 6.53. The highest BCUT2D eigenvalue weighted by Gasteiger charge is 2.15. The Morgan fingerprint density at radius 3 is 2.20 bits per heavy atom. The van der Waals surface area contributed by atoms with Crippen LogP contribution in [-0.4, -0.2) is 4.57 Å². The number of aryl methyl sites for hydroxylation is 1. The number of hydrogen-bond donors (Lipinski definition) is 1. The Balaban J connectivity index is 2.10. The highest BCUT2D eigenvalue weighted by molar-refractivity contribution is 7.80. The molecule has 0 saturated carbocycles. The number of thiol groups is 1. The van der Waals surface area contributed by atoms with E-state index >= 15 is 0 Å². The Bertz CT molecular complexity index is 1250. The first-order valence-electron chi connectivity index (χ1n) is 8.45. The van der Waals surface area contributed by atoms with Gasteiger partial charge in [-0.2, -0.15) is 0 Å². The number of benzene rings is 4. The zero-order valence-corrected chi connectivity index (χ0v) is 14.8. The first-order chi connectivity index (χ1) is 12.2. The number of fused-ring (bicyclic) bond motifs is 5. The van der Waals surface area contributed by atoms with E-state index in [2.05, 4.69) is 103 Å². The molecule has 0 fully saturated rings. The molecule has 0 aliphatic rings. The molecule has 0 N–H and O–H groups in total. The van der Waals surface area contributed by atoms with Gasteiger partial charge in [0.2, 0.25) is 0 Å². The molecular formula is C23H17NS. The predicted molar refractivity (Wildman–Crippen MR) is 110 cm³/mol. The first kappa shape index (κ1) is 14.6. The third-order valence-corrected chi connectivity index (χ3v) is 5.25. The fraction of sp³-hybridized carbons (Fsp3) is 0.0435. The summed E-state index contributed by atoms with van der Waals surface area (Å²) in [5, 5.41) is 5.17. The smallest absolute Gasteiger partial charge is 0.0550 e. The second-order valence-corrected chi connectivity index (χ2v) is 7.02. The van der Waals surface area contributed by atoms with Crippen molar-refractivity contribution < 1.29 is 0 Å². The van der Waals surface area contributed by atoms with Gasteiger partial charge in [-0.3, -0.25) is 0 Å². The van der Waals surface area contributed by atoms with Gasteiger partial charge in [0, 0.05) is 21.4 Å². The SMILES string of the molecule is Cc1cc2c(c3ccccc13)c1cc(S)ccc1n2-c1ccccc1. The second-order valence-electron chi connectivity index (χ2n) is 6.51. The second kappa shape index (κ2) is 5.40. The van der Waals surface area contributed by atoms with Crippen LogP contribution in [0.2, 0.25) is 0 Å². The van der Waals surface area contributed by atoms with E-state index < -0.39 is 0 Å². The lowest BCUT2D eigenvalue weighted by Gasteiger charge is -2.09. The maximum atomic E-state index is 4.59. The highest BCUT2D eigenvalue weighted by Crippen LogP contribution is 2.38. The minimum atomic E-state index is 0.990. The molecule has 5 aromatic rings. The Labute approximate surface area is 151 Å². The molecular weight excluding hydrogens is 322 g/mol. The van der Waals surface area contributed by atoms with Crippen LogP contribution in [0.15, 0.2) is 83.8 Å². The molecule has 0 aliphatic carbocycles. The van der Waals surface area contributed by atoms with E-state index in [0.717, 1.165) is 4.90 Å². The van der Waals surface area contributed by atoms with Crippen LogP contribution in [0.4, 0.5) is 0 Å². The maximum absolute atomic E-state index is 4.59. The van der Waals surface area contributed by atoms with Crippen LogP contribution in [-0.2, 0) is 0 Å². The molecule has 0 amide bonds. The fourth-order valence-electron chi connectivity index (χ4n) is 3.90. The van der Waals surface area contributed by atoms with Gasteiger partial charge in [0.25, 0.3) is 0 Å². The molecule has 1 nitrogen and oxygen atoms in total. The van der Waals surface area contributed by atoms with Gasteiger partial charge in [-0.05, 0) is 59.7 Å². The largest absolute Gasteiger partial charge is 0.309 e. The minimum absolute atomic E-state index is 0.990. The van der Waals surface area contributed by atoms with Gasteiger partial charge in [-0.25, -0.2) is 0 Å². The maximum Gasteiger partial charge on any atom is 0.0550 e. The number of rotatable bonds is 1. The molecule has 2 heteroatoms. The van der Waals surface area contributed by atoms with Crippen molar-refractivity contribution >= 4 is 45.2 Å². The molecule has 25 heavy (non-hydrogen) atoms. The summed E-state index contributed by atoms with van der Waals surface area (Å²) < 4.78 is 2.36. The van der Waals surface area contributed by atoms with Crippen molar-refractivity contribution in [2.45, 2.75) is 11.8 Å². The van der Waals surface area contributed by atoms with Gasteiger partial charge < -0.3 is 4.57 Å².